The molecule has 1 aromatic heterocycles. The molecule has 7 nitrogen and oxygen atoms in total. The number of aromatic amines is 1. The molecule has 2 atom stereocenters. The fourth-order valence-corrected chi connectivity index (χ4v) is 5.15. The maximum Gasteiger partial charge on any atom is 0.229 e. The fraction of sp³-hybridized carbons (Fsp3) is 0.407. The van der Waals surface area contributed by atoms with Crippen LogP contribution in [0.3, 0.4) is 0 Å². The Labute approximate surface area is 204 Å². The van der Waals surface area contributed by atoms with Crippen LogP contribution in [0.25, 0.3) is 10.9 Å². The van der Waals surface area contributed by atoms with Crippen molar-refractivity contribution in [2.75, 3.05) is 32.2 Å². The first-order valence-corrected chi connectivity index (χ1v) is 11.9. The van der Waals surface area contributed by atoms with E-state index in [9.17, 15) is 19.1 Å². The van der Waals surface area contributed by atoms with Crippen LogP contribution in [-0.4, -0.2) is 54.1 Å². The lowest BCUT2D eigenvalue weighted by molar-refractivity contribution is -0.132. The Morgan fingerprint density at radius 2 is 2.00 bits per heavy atom. The molecule has 1 aliphatic rings. The summed E-state index contributed by atoms with van der Waals surface area (Å²) in [5.74, 6) is -0.366. The van der Waals surface area contributed by atoms with Gasteiger partial charge in [0.05, 0.1) is 25.4 Å². The van der Waals surface area contributed by atoms with Crippen LogP contribution in [0, 0.1) is 11.7 Å². The molecule has 1 aliphatic heterocycles. The van der Waals surface area contributed by atoms with Crippen molar-refractivity contribution in [1.82, 2.24) is 9.88 Å². The topological polar surface area (TPSA) is 85.9 Å². The maximum absolute atomic E-state index is 14.4. The summed E-state index contributed by atoms with van der Waals surface area (Å²) in [5.41, 5.74) is 2.85. The number of para-hydroxylation sites is 1. The second-order valence-electron chi connectivity index (χ2n) is 9.07. The van der Waals surface area contributed by atoms with Gasteiger partial charge in [0.25, 0.3) is 0 Å². The van der Waals surface area contributed by atoms with E-state index in [1.165, 1.54) is 17.9 Å². The Hall–Kier alpha value is -3.39. The van der Waals surface area contributed by atoms with Gasteiger partial charge in [0.1, 0.15) is 11.6 Å². The number of hydrogen-bond donors (Lipinski definition) is 2. The Morgan fingerprint density at radius 1 is 1.23 bits per heavy atom. The Balaban J connectivity index is 1.73. The summed E-state index contributed by atoms with van der Waals surface area (Å²) in [5, 5.41) is 11.3. The molecule has 35 heavy (non-hydrogen) atoms. The van der Waals surface area contributed by atoms with Gasteiger partial charge in [0, 0.05) is 49.1 Å². The third-order valence-electron chi connectivity index (χ3n) is 7.02. The molecular weight excluding hydrogens is 449 g/mol. The summed E-state index contributed by atoms with van der Waals surface area (Å²) in [7, 11) is 3.21. The maximum atomic E-state index is 14.4. The molecule has 0 radical (unpaired) electrons. The van der Waals surface area contributed by atoms with Gasteiger partial charge in [-0.25, -0.2) is 4.39 Å². The molecule has 2 N–H and O–H groups in total. The van der Waals surface area contributed by atoms with Crippen LogP contribution in [-0.2, 0) is 16.0 Å². The van der Waals surface area contributed by atoms with E-state index in [2.05, 4.69) is 4.98 Å². The summed E-state index contributed by atoms with van der Waals surface area (Å²) in [6, 6.07) is 11.5. The number of carbonyl (C=O) groups excluding carboxylic acids is 2. The molecule has 8 heteroatoms. The molecule has 2 unspecified atom stereocenters. The molecule has 4 rings (SSSR count). The van der Waals surface area contributed by atoms with E-state index < -0.39 is 11.9 Å². The second kappa shape index (κ2) is 10.5. The van der Waals surface area contributed by atoms with E-state index in [0.29, 0.717) is 38.0 Å². The number of fused-ring (bicyclic) bond motifs is 3. The standard InChI is InChI=1S/C27H32FN3O4/c1-17(33)31-14-6-7-18(27(34)30(2)24-9-5-4-8-22(24)28)10-12-21-20-13-11-19(35-3)15-23(20)29-26(21)25(31)16-32/h4-5,8-9,11,13,15,18,25,29,32H,6-7,10,12,14,16H2,1-3H3. The number of aryl methyl sites for hydroxylation is 1. The average molecular weight is 482 g/mol. The van der Waals surface area contributed by atoms with Gasteiger partial charge in [-0.15, -0.1) is 0 Å². The van der Waals surface area contributed by atoms with Gasteiger partial charge >= 0.3 is 0 Å². The summed E-state index contributed by atoms with van der Waals surface area (Å²) in [6.07, 6.45) is 2.30. The van der Waals surface area contributed by atoms with E-state index >= 15 is 0 Å². The minimum absolute atomic E-state index is 0.141. The summed E-state index contributed by atoms with van der Waals surface area (Å²) in [4.78, 5) is 32.5. The fourth-order valence-electron chi connectivity index (χ4n) is 5.15. The van der Waals surface area contributed by atoms with Gasteiger partial charge in [0.2, 0.25) is 11.8 Å². The molecule has 0 spiro atoms. The minimum Gasteiger partial charge on any atom is -0.497 e. The van der Waals surface area contributed by atoms with E-state index in [4.69, 9.17) is 4.74 Å². The van der Waals surface area contributed by atoms with Gasteiger partial charge in [-0.05, 0) is 55.5 Å². The average Bonchev–Trinajstić information content (AvgIpc) is 3.22. The zero-order valence-corrected chi connectivity index (χ0v) is 20.4. The van der Waals surface area contributed by atoms with Gasteiger partial charge in [-0.1, -0.05) is 12.1 Å². The molecule has 2 aromatic carbocycles. The number of amides is 2. The van der Waals surface area contributed by atoms with Crippen LogP contribution in [0.2, 0.25) is 0 Å². The molecule has 0 saturated carbocycles. The summed E-state index contributed by atoms with van der Waals surface area (Å²) < 4.78 is 19.7. The molecule has 0 aliphatic carbocycles. The number of halogens is 1. The van der Waals surface area contributed by atoms with Crippen molar-refractivity contribution in [3.8, 4) is 5.75 Å². The third-order valence-corrected chi connectivity index (χ3v) is 7.02. The molecule has 2 heterocycles. The van der Waals surface area contributed by atoms with Crippen molar-refractivity contribution < 1.29 is 23.8 Å². The number of H-pyrrole nitrogens is 1. The van der Waals surface area contributed by atoms with E-state index in [1.54, 1.807) is 37.3 Å². The van der Waals surface area contributed by atoms with Crippen LogP contribution < -0.4 is 9.64 Å². The number of hydrogen-bond acceptors (Lipinski definition) is 4. The number of aliphatic hydroxyl groups is 1. The molecule has 2 amide bonds. The highest BCUT2D eigenvalue weighted by Crippen LogP contribution is 2.35. The number of carbonyl (C=O) groups is 2. The third kappa shape index (κ3) is 4.89. The number of ether oxygens (including phenoxy) is 1. The Morgan fingerprint density at radius 3 is 2.69 bits per heavy atom. The molecule has 0 saturated heterocycles. The number of aliphatic hydroxyl groups excluding tert-OH is 1. The first-order valence-electron chi connectivity index (χ1n) is 11.9. The lowest BCUT2D eigenvalue weighted by Crippen LogP contribution is -2.38. The van der Waals surface area contributed by atoms with Gasteiger partial charge in [-0.3, -0.25) is 9.59 Å². The number of rotatable bonds is 4. The van der Waals surface area contributed by atoms with Crippen LogP contribution in [0.5, 0.6) is 5.75 Å². The number of anilines is 1. The van der Waals surface area contributed by atoms with Crippen molar-refractivity contribution in [2.45, 2.75) is 38.6 Å². The number of nitrogens with one attached hydrogen (secondary N) is 1. The van der Waals surface area contributed by atoms with E-state index in [-0.39, 0.29) is 30.0 Å². The summed E-state index contributed by atoms with van der Waals surface area (Å²) in [6.45, 7) is 1.69. The Kier molecular flexibility index (Phi) is 7.40. The van der Waals surface area contributed by atoms with Crippen LogP contribution in [0.4, 0.5) is 10.1 Å². The van der Waals surface area contributed by atoms with E-state index in [1.807, 2.05) is 18.2 Å². The van der Waals surface area contributed by atoms with Crippen LogP contribution in [0.1, 0.15) is 43.5 Å². The number of methoxy groups -OCH3 is 1. The van der Waals surface area contributed by atoms with Crippen molar-refractivity contribution in [1.29, 1.82) is 0 Å². The monoisotopic (exact) mass is 481 g/mol. The van der Waals surface area contributed by atoms with Crippen LogP contribution >= 0.6 is 0 Å². The summed E-state index contributed by atoms with van der Waals surface area (Å²) >= 11 is 0. The van der Waals surface area contributed by atoms with Crippen molar-refractivity contribution in [2.24, 2.45) is 5.92 Å². The zero-order valence-electron chi connectivity index (χ0n) is 20.4. The normalized spacial score (nSPS) is 18.7. The molecule has 0 bridgehead atoms. The molecular formula is C27H32FN3O4. The number of aromatic nitrogens is 1. The first-order chi connectivity index (χ1) is 16.8. The smallest absolute Gasteiger partial charge is 0.229 e. The van der Waals surface area contributed by atoms with Gasteiger partial charge in [-0.2, -0.15) is 0 Å². The molecule has 0 fully saturated rings. The van der Waals surface area contributed by atoms with E-state index in [0.717, 1.165) is 22.2 Å². The van der Waals surface area contributed by atoms with Crippen LogP contribution in [0.15, 0.2) is 42.5 Å². The van der Waals surface area contributed by atoms with Crippen molar-refractivity contribution >= 4 is 28.4 Å². The SMILES string of the molecule is COc1ccc2c3c([nH]c2c1)C(CO)N(C(C)=O)CCCC(C(=O)N(C)c1ccccc1F)CC3. The number of benzene rings is 2. The van der Waals surface area contributed by atoms with Gasteiger partial charge < -0.3 is 24.6 Å². The zero-order chi connectivity index (χ0) is 25.1. The predicted octanol–water partition coefficient (Wildman–Crippen LogP) is 4.20. The first kappa shape index (κ1) is 24.7. The van der Waals surface area contributed by atoms with Gasteiger partial charge in [0.15, 0.2) is 0 Å². The lowest BCUT2D eigenvalue weighted by atomic mass is 9.90. The Bertz CT molecular complexity index is 1220. The predicted molar refractivity (Wildman–Crippen MR) is 133 cm³/mol. The minimum atomic E-state index is -0.505. The second-order valence-corrected chi connectivity index (χ2v) is 9.07. The van der Waals surface area contributed by atoms with Crippen molar-refractivity contribution in [3.63, 3.8) is 0 Å². The molecule has 3 aromatic rings. The highest BCUT2D eigenvalue weighted by Gasteiger charge is 2.31. The quantitative estimate of drug-likeness (QED) is 0.585. The molecule has 186 valence electrons. The highest BCUT2D eigenvalue weighted by atomic mass is 19.1. The highest BCUT2D eigenvalue weighted by molar-refractivity contribution is 5.94. The lowest BCUT2D eigenvalue weighted by Gasteiger charge is -2.32. The van der Waals surface area contributed by atoms with Crippen molar-refractivity contribution in [3.05, 3.63) is 59.5 Å². The largest absolute Gasteiger partial charge is 0.497 e. The number of nitrogens with zero attached hydrogens (tertiary/aromatic N) is 2.